The molecule has 2 aromatic carbocycles. The molecule has 1 aliphatic heterocycles. The maximum absolute atomic E-state index is 11.2. The van der Waals surface area contributed by atoms with Gasteiger partial charge in [0.05, 0.1) is 30.2 Å². The number of nitrogens with zero attached hydrogens (tertiary/aromatic N) is 3. The first kappa shape index (κ1) is 20.3. The standard InChI is InChI=1S/C21H27N3O4/c1-2-17-10-18(8-9-21(17)24(27)28)22-12-19(14-25)23(20(13-22)15-26)11-16-6-4-3-5-7-16/h3-10,19-20,25-26H,2,11-15H2,1H3. The minimum atomic E-state index is -0.354. The van der Waals surface area contributed by atoms with Crippen molar-refractivity contribution in [3.05, 3.63) is 69.8 Å². The van der Waals surface area contributed by atoms with Gasteiger partial charge in [-0.1, -0.05) is 37.3 Å². The largest absolute Gasteiger partial charge is 0.395 e. The summed E-state index contributed by atoms with van der Waals surface area (Å²) >= 11 is 0. The number of aliphatic hydroxyl groups is 2. The number of nitro benzene ring substituents is 1. The topological polar surface area (TPSA) is 90.1 Å². The molecular formula is C21H27N3O4. The van der Waals surface area contributed by atoms with E-state index < -0.39 is 0 Å². The Kier molecular flexibility index (Phi) is 6.61. The highest BCUT2D eigenvalue weighted by molar-refractivity contribution is 5.56. The van der Waals surface area contributed by atoms with Crippen LogP contribution in [0.2, 0.25) is 0 Å². The number of aliphatic hydroxyl groups excluding tert-OH is 2. The zero-order valence-corrected chi connectivity index (χ0v) is 16.1. The zero-order valence-electron chi connectivity index (χ0n) is 16.1. The molecule has 0 saturated carbocycles. The third-order valence-corrected chi connectivity index (χ3v) is 5.44. The SMILES string of the molecule is CCc1cc(N2CC(CO)N(Cc3ccccc3)C(CO)C2)ccc1[N+](=O)[O-]. The minimum absolute atomic E-state index is 0.0204. The van der Waals surface area contributed by atoms with E-state index in [1.54, 1.807) is 12.1 Å². The van der Waals surface area contributed by atoms with Gasteiger partial charge in [-0.3, -0.25) is 15.0 Å². The molecule has 0 bridgehead atoms. The van der Waals surface area contributed by atoms with Crippen LogP contribution in [0.1, 0.15) is 18.1 Å². The van der Waals surface area contributed by atoms with Gasteiger partial charge in [-0.05, 0) is 24.1 Å². The van der Waals surface area contributed by atoms with Crippen LogP contribution < -0.4 is 4.90 Å². The fourth-order valence-electron chi connectivity index (χ4n) is 3.91. The van der Waals surface area contributed by atoms with Crippen molar-refractivity contribution in [1.82, 2.24) is 4.90 Å². The fourth-order valence-corrected chi connectivity index (χ4v) is 3.91. The van der Waals surface area contributed by atoms with Crippen LogP contribution in [-0.2, 0) is 13.0 Å². The predicted octanol–water partition coefficient (Wildman–Crippen LogP) is 2.20. The molecule has 0 spiro atoms. The van der Waals surface area contributed by atoms with E-state index in [2.05, 4.69) is 9.80 Å². The van der Waals surface area contributed by atoms with Crippen LogP contribution in [-0.4, -0.2) is 58.4 Å². The Balaban J connectivity index is 1.83. The molecule has 150 valence electrons. The first-order valence-corrected chi connectivity index (χ1v) is 9.61. The molecule has 3 rings (SSSR count). The average Bonchev–Trinajstić information content (AvgIpc) is 2.73. The van der Waals surface area contributed by atoms with Gasteiger partial charge in [0.2, 0.25) is 0 Å². The molecule has 0 amide bonds. The number of rotatable bonds is 7. The Bertz CT molecular complexity index is 785. The van der Waals surface area contributed by atoms with E-state index in [0.29, 0.717) is 31.6 Å². The molecule has 2 N–H and O–H groups in total. The molecule has 2 atom stereocenters. The van der Waals surface area contributed by atoms with E-state index in [4.69, 9.17) is 0 Å². The van der Waals surface area contributed by atoms with Crippen molar-refractivity contribution in [2.75, 3.05) is 31.2 Å². The summed E-state index contributed by atoms with van der Waals surface area (Å²) < 4.78 is 0. The molecule has 28 heavy (non-hydrogen) atoms. The normalized spacial score (nSPS) is 20.3. The van der Waals surface area contributed by atoms with Gasteiger partial charge in [-0.25, -0.2) is 0 Å². The summed E-state index contributed by atoms with van der Waals surface area (Å²) in [4.78, 5) is 15.1. The Morgan fingerprint density at radius 1 is 1.07 bits per heavy atom. The van der Waals surface area contributed by atoms with E-state index >= 15 is 0 Å². The van der Waals surface area contributed by atoms with E-state index in [1.807, 2.05) is 43.3 Å². The lowest BCUT2D eigenvalue weighted by Gasteiger charge is -2.46. The Morgan fingerprint density at radius 3 is 2.25 bits per heavy atom. The molecule has 2 unspecified atom stereocenters. The van der Waals surface area contributed by atoms with Gasteiger partial charge in [-0.15, -0.1) is 0 Å². The minimum Gasteiger partial charge on any atom is -0.395 e. The summed E-state index contributed by atoms with van der Waals surface area (Å²) in [6.07, 6.45) is 0.574. The quantitative estimate of drug-likeness (QED) is 0.561. The summed E-state index contributed by atoms with van der Waals surface area (Å²) in [7, 11) is 0. The molecular weight excluding hydrogens is 358 g/mol. The summed E-state index contributed by atoms with van der Waals surface area (Å²) in [5.41, 5.74) is 2.84. The maximum Gasteiger partial charge on any atom is 0.272 e. The number of hydrogen-bond acceptors (Lipinski definition) is 6. The summed E-state index contributed by atoms with van der Waals surface area (Å²) in [5, 5.41) is 31.2. The van der Waals surface area contributed by atoms with Crippen LogP contribution in [0, 0.1) is 10.1 Å². The van der Waals surface area contributed by atoms with E-state index in [0.717, 1.165) is 11.3 Å². The lowest BCUT2D eigenvalue weighted by molar-refractivity contribution is -0.385. The van der Waals surface area contributed by atoms with Crippen LogP contribution in [0.5, 0.6) is 0 Å². The first-order valence-electron chi connectivity index (χ1n) is 9.61. The number of benzene rings is 2. The highest BCUT2D eigenvalue weighted by Crippen LogP contribution is 2.29. The zero-order chi connectivity index (χ0) is 20.1. The highest BCUT2D eigenvalue weighted by Gasteiger charge is 2.34. The molecule has 0 aromatic heterocycles. The van der Waals surface area contributed by atoms with Crippen LogP contribution >= 0.6 is 0 Å². The van der Waals surface area contributed by atoms with Gasteiger partial charge < -0.3 is 15.1 Å². The second-order valence-electron chi connectivity index (χ2n) is 7.16. The summed E-state index contributed by atoms with van der Waals surface area (Å²) in [6.45, 7) is 3.71. The van der Waals surface area contributed by atoms with Gasteiger partial charge in [0.1, 0.15) is 0 Å². The summed E-state index contributed by atoms with van der Waals surface area (Å²) in [5.74, 6) is 0. The van der Waals surface area contributed by atoms with Gasteiger partial charge in [0, 0.05) is 37.0 Å². The van der Waals surface area contributed by atoms with Gasteiger partial charge in [-0.2, -0.15) is 0 Å². The number of hydrogen-bond donors (Lipinski definition) is 2. The third-order valence-electron chi connectivity index (χ3n) is 5.44. The van der Waals surface area contributed by atoms with Crippen molar-refractivity contribution in [3.8, 4) is 0 Å². The van der Waals surface area contributed by atoms with Gasteiger partial charge in [0.15, 0.2) is 0 Å². The van der Waals surface area contributed by atoms with Crippen molar-refractivity contribution in [3.63, 3.8) is 0 Å². The predicted molar refractivity (Wildman–Crippen MR) is 108 cm³/mol. The summed E-state index contributed by atoms with van der Waals surface area (Å²) in [6, 6.07) is 14.9. The van der Waals surface area contributed by atoms with E-state index in [9.17, 15) is 20.3 Å². The fraction of sp³-hybridized carbons (Fsp3) is 0.429. The molecule has 7 nitrogen and oxygen atoms in total. The second-order valence-corrected chi connectivity index (χ2v) is 7.16. The van der Waals surface area contributed by atoms with Crippen molar-refractivity contribution in [2.45, 2.75) is 32.0 Å². The molecule has 1 saturated heterocycles. The van der Waals surface area contributed by atoms with Crippen molar-refractivity contribution in [2.24, 2.45) is 0 Å². The second kappa shape index (κ2) is 9.14. The molecule has 1 heterocycles. The van der Waals surface area contributed by atoms with Gasteiger partial charge in [0.25, 0.3) is 5.69 Å². The van der Waals surface area contributed by atoms with Gasteiger partial charge >= 0.3 is 0 Å². The van der Waals surface area contributed by atoms with Crippen molar-refractivity contribution >= 4 is 11.4 Å². The Labute approximate surface area is 165 Å². The monoisotopic (exact) mass is 385 g/mol. The van der Waals surface area contributed by atoms with Crippen LogP contribution in [0.25, 0.3) is 0 Å². The lowest BCUT2D eigenvalue weighted by atomic mass is 10.0. The number of aryl methyl sites for hydroxylation is 1. The Morgan fingerprint density at radius 2 is 1.71 bits per heavy atom. The smallest absolute Gasteiger partial charge is 0.272 e. The van der Waals surface area contributed by atoms with Crippen LogP contribution in [0.4, 0.5) is 11.4 Å². The van der Waals surface area contributed by atoms with Crippen molar-refractivity contribution in [1.29, 1.82) is 0 Å². The number of piperazine rings is 1. The Hall–Kier alpha value is -2.48. The molecule has 0 aliphatic carbocycles. The van der Waals surface area contributed by atoms with Crippen molar-refractivity contribution < 1.29 is 15.1 Å². The first-order chi connectivity index (χ1) is 13.6. The molecule has 7 heteroatoms. The lowest BCUT2D eigenvalue weighted by Crippen LogP contribution is -2.60. The molecule has 1 fully saturated rings. The number of anilines is 1. The number of nitro groups is 1. The molecule has 2 aromatic rings. The molecule has 1 aliphatic rings. The van der Waals surface area contributed by atoms with E-state index in [-0.39, 0.29) is 35.9 Å². The van der Waals surface area contributed by atoms with Crippen LogP contribution in [0.15, 0.2) is 48.5 Å². The average molecular weight is 385 g/mol. The highest BCUT2D eigenvalue weighted by atomic mass is 16.6. The maximum atomic E-state index is 11.2. The third kappa shape index (κ3) is 4.32. The van der Waals surface area contributed by atoms with Crippen LogP contribution in [0.3, 0.4) is 0 Å². The molecule has 0 radical (unpaired) electrons. The van der Waals surface area contributed by atoms with E-state index in [1.165, 1.54) is 0 Å².